The van der Waals surface area contributed by atoms with Gasteiger partial charge in [0.2, 0.25) is 15.9 Å². The summed E-state index contributed by atoms with van der Waals surface area (Å²) < 4.78 is 53.1. The van der Waals surface area contributed by atoms with Crippen molar-refractivity contribution in [3.05, 3.63) is 35.2 Å². The Kier molecular flexibility index (Phi) is 4.81. The SMILES string of the molecule is O=S(=O)(c1ccc(F)c(Cl)c1)N1CCC(Oc2cnsn2)CC1. The summed E-state index contributed by atoms with van der Waals surface area (Å²) in [6, 6.07) is 3.41. The van der Waals surface area contributed by atoms with Crippen molar-refractivity contribution in [1.82, 2.24) is 13.1 Å². The highest BCUT2D eigenvalue weighted by atomic mass is 35.5. The van der Waals surface area contributed by atoms with E-state index in [1.165, 1.54) is 16.6 Å². The van der Waals surface area contributed by atoms with Crippen molar-refractivity contribution in [3.8, 4) is 5.88 Å². The quantitative estimate of drug-likeness (QED) is 0.818. The Morgan fingerprint density at radius 3 is 2.70 bits per heavy atom. The normalized spacial score (nSPS) is 17.3. The predicted molar refractivity (Wildman–Crippen MR) is 83.7 cm³/mol. The van der Waals surface area contributed by atoms with E-state index in [4.69, 9.17) is 16.3 Å². The van der Waals surface area contributed by atoms with E-state index in [1.54, 1.807) is 0 Å². The Hall–Kier alpha value is -1.29. The van der Waals surface area contributed by atoms with E-state index in [1.807, 2.05) is 0 Å². The third kappa shape index (κ3) is 3.63. The highest BCUT2D eigenvalue weighted by molar-refractivity contribution is 7.89. The smallest absolute Gasteiger partial charge is 0.245 e. The third-order valence-electron chi connectivity index (χ3n) is 3.56. The number of piperidine rings is 1. The predicted octanol–water partition coefficient (Wildman–Crippen LogP) is 2.56. The molecule has 124 valence electrons. The molecule has 23 heavy (non-hydrogen) atoms. The average molecular weight is 378 g/mol. The van der Waals surface area contributed by atoms with Gasteiger partial charge in [0.25, 0.3) is 0 Å². The van der Waals surface area contributed by atoms with E-state index in [0.29, 0.717) is 31.8 Å². The maximum atomic E-state index is 13.2. The molecule has 2 aromatic rings. The van der Waals surface area contributed by atoms with Crippen LogP contribution in [0.25, 0.3) is 0 Å². The molecule has 1 fully saturated rings. The Morgan fingerprint density at radius 2 is 2.09 bits per heavy atom. The number of hydrogen-bond acceptors (Lipinski definition) is 6. The fourth-order valence-corrected chi connectivity index (χ4v) is 4.45. The molecule has 1 saturated heterocycles. The number of aromatic nitrogens is 2. The maximum Gasteiger partial charge on any atom is 0.245 e. The lowest BCUT2D eigenvalue weighted by Gasteiger charge is -2.30. The minimum Gasteiger partial charge on any atom is -0.473 e. The number of rotatable bonds is 4. The molecule has 0 amide bonds. The largest absolute Gasteiger partial charge is 0.473 e. The molecule has 0 N–H and O–H groups in total. The molecule has 0 aliphatic carbocycles. The molecular weight excluding hydrogens is 365 g/mol. The molecule has 0 radical (unpaired) electrons. The van der Waals surface area contributed by atoms with Gasteiger partial charge in [-0.25, -0.2) is 12.8 Å². The summed E-state index contributed by atoms with van der Waals surface area (Å²) in [6.07, 6.45) is 2.54. The van der Waals surface area contributed by atoms with Crippen molar-refractivity contribution < 1.29 is 17.5 Å². The van der Waals surface area contributed by atoms with Gasteiger partial charge in [0, 0.05) is 13.1 Å². The highest BCUT2D eigenvalue weighted by Crippen LogP contribution is 2.25. The first-order valence-electron chi connectivity index (χ1n) is 6.86. The third-order valence-corrected chi connectivity index (χ3v) is 6.20. The van der Waals surface area contributed by atoms with Gasteiger partial charge in [-0.1, -0.05) is 11.6 Å². The molecule has 0 spiro atoms. The molecule has 6 nitrogen and oxygen atoms in total. The van der Waals surface area contributed by atoms with E-state index >= 15 is 0 Å². The summed E-state index contributed by atoms with van der Waals surface area (Å²) in [7, 11) is -3.69. The lowest BCUT2D eigenvalue weighted by Crippen LogP contribution is -2.41. The van der Waals surface area contributed by atoms with Gasteiger partial charge in [-0.3, -0.25) is 0 Å². The van der Waals surface area contributed by atoms with Crippen LogP contribution < -0.4 is 4.74 Å². The van der Waals surface area contributed by atoms with Crippen LogP contribution in [0.3, 0.4) is 0 Å². The monoisotopic (exact) mass is 377 g/mol. The molecule has 1 aromatic heterocycles. The summed E-state index contributed by atoms with van der Waals surface area (Å²) in [5, 5.41) is -0.208. The maximum absolute atomic E-state index is 13.2. The van der Waals surface area contributed by atoms with Crippen molar-refractivity contribution in [2.45, 2.75) is 23.8 Å². The Bertz CT molecular complexity index is 778. The molecule has 3 rings (SSSR count). The number of sulfonamides is 1. The first-order chi connectivity index (χ1) is 11.0. The number of benzene rings is 1. The first kappa shape index (κ1) is 16.6. The van der Waals surface area contributed by atoms with Gasteiger partial charge in [0.05, 0.1) is 21.6 Å². The first-order valence-corrected chi connectivity index (χ1v) is 9.41. The molecule has 0 bridgehead atoms. The van der Waals surface area contributed by atoms with Gasteiger partial charge in [-0.2, -0.15) is 8.68 Å². The van der Waals surface area contributed by atoms with Crippen LogP contribution in [0.5, 0.6) is 5.88 Å². The van der Waals surface area contributed by atoms with Crippen LogP contribution in [0.2, 0.25) is 5.02 Å². The second-order valence-corrected chi connectivity index (χ2v) is 7.94. The minimum atomic E-state index is -3.69. The van der Waals surface area contributed by atoms with E-state index in [0.717, 1.165) is 23.9 Å². The summed E-state index contributed by atoms with van der Waals surface area (Å²) in [6.45, 7) is 0.638. The summed E-state index contributed by atoms with van der Waals surface area (Å²) in [5.41, 5.74) is 0. The molecule has 1 aliphatic rings. The van der Waals surface area contributed by atoms with Crippen molar-refractivity contribution in [1.29, 1.82) is 0 Å². The number of nitrogens with zero attached hydrogens (tertiary/aromatic N) is 3. The summed E-state index contributed by atoms with van der Waals surface area (Å²) >= 11 is 6.73. The van der Waals surface area contributed by atoms with E-state index < -0.39 is 15.8 Å². The zero-order valence-electron chi connectivity index (χ0n) is 11.9. The Morgan fingerprint density at radius 1 is 1.35 bits per heavy atom. The van der Waals surface area contributed by atoms with Crippen molar-refractivity contribution in [2.75, 3.05) is 13.1 Å². The van der Waals surface area contributed by atoms with E-state index in [9.17, 15) is 12.8 Å². The van der Waals surface area contributed by atoms with E-state index in [2.05, 4.69) is 8.75 Å². The molecule has 0 unspecified atom stereocenters. The van der Waals surface area contributed by atoms with Crippen LogP contribution in [0.4, 0.5) is 4.39 Å². The molecule has 1 aromatic carbocycles. The minimum absolute atomic E-state index is 0.00744. The van der Waals surface area contributed by atoms with E-state index in [-0.39, 0.29) is 16.0 Å². The van der Waals surface area contributed by atoms with Gasteiger partial charge >= 0.3 is 0 Å². The molecule has 10 heteroatoms. The number of hydrogen-bond donors (Lipinski definition) is 0. The molecule has 0 atom stereocenters. The zero-order valence-corrected chi connectivity index (χ0v) is 14.2. The lowest BCUT2D eigenvalue weighted by atomic mass is 10.1. The van der Waals surface area contributed by atoms with Crippen molar-refractivity contribution >= 4 is 33.4 Å². The molecule has 2 heterocycles. The Balaban J connectivity index is 1.67. The molecule has 1 aliphatic heterocycles. The van der Waals surface area contributed by atoms with Gasteiger partial charge < -0.3 is 4.74 Å². The lowest BCUT2D eigenvalue weighted by molar-refractivity contribution is 0.131. The van der Waals surface area contributed by atoms with Crippen LogP contribution >= 0.6 is 23.3 Å². The van der Waals surface area contributed by atoms with Crippen LogP contribution in [0.15, 0.2) is 29.3 Å². The highest BCUT2D eigenvalue weighted by Gasteiger charge is 2.30. The fraction of sp³-hybridized carbons (Fsp3) is 0.385. The molecule has 0 saturated carbocycles. The van der Waals surface area contributed by atoms with Gasteiger partial charge in [0.1, 0.15) is 18.1 Å². The number of halogens is 2. The topological polar surface area (TPSA) is 72.4 Å². The Labute approximate surface area is 142 Å². The second kappa shape index (κ2) is 6.68. The summed E-state index contributed by atoms with van der Waals surface area (Å²) in [5.74, 6) is -0.184. The van der Waals surface area contributed by atoms with Crippen LogP contribution in [0, 0.1) is 5.82 Å². The second-order valence-electron chi connectivity index (χ2n) is 5.04. The zero-order chi connectivity index (χ0) is 16.4. The fourth-order valence-electron chi connectivity index (χ4n) is 2.36. The summed E-state index contributed by atoms with van der Waals surface area (Å²) in [4.78, 5) is -0.00744. The van der Waals surface area contributed by atoms with Crippen molar-refractivity contribution in [2.24, 2.45) is 0 Å². The van der Waals surface area contributed by atoms with Crippen LogP contribution in [-0.4, -0.2) is 40.7 Å². The molecular formula is C13H13ClFN3O3S2. The van der Waals surface area contributed by atoms with Gasteiger partial charge in [0.15, 0.2) is 0 Å². The standard InChI is InChI=1S/C13H13ClFN3O3S2/c14-11-7-10(1-2-12(11)15)23(19,20)18-5-3-9(4-6-18)21-13-8-16-22-17-13/h1-2,7-9H,3-6H2. The van der Waals surface area contributed by atoms with Crippen molar-refractivity contribution in [3.63, 3.8) is 0 Å². The van der Waals surface area contributed by atoms with Crippen LogP contribution in [0.1, 0.15) is 12.8 Å². The average Bonchev–Trinajstić information content (AvgIpc) is 3.03. The van der Waals surface area contributed by atoms with Gasteiger partial charge in [-0.05, 0) is 31.0 Å². The van der Waals surface area contributed by atoms with Gasteiger partial charge in [-0.15, -0.1) is 4.37 Å². The number of ether oxygens (including phenoxy) is 1. The van der Waals surface area contributed by atoms with Crippen LogP contribution in [-0.2, 0) is 10.0 Å².